The van der Waals surface area contributed by atoms with E-state index < -0.39 is 0 Å². The highest BCUT2D eigenvalue weighted by Crippen LogP contribution is 2.11. The van der Waals surface area contributed by atoms with Crippen LogP contribution in [0.3, 0.4) is 0 Å². The molecule has 0 unspecified atom stereocenters. The number of aryl methyl sites for hydroxylation is 3. The van der Waals surface area contributed by atoms with Gasteiger partial charge in [0.1, 0.15) is 0 Å². The van der Waals surface area contributed by atoms with E-state index >= 15 is 0 Å². The van der Waals surface area contributed by atoms with Crippen LogP contribution < -0.4 is 37.0 Å². The van der Waals surface area contributed by atoms with Crippen molar-refractivity contribution in [2.24, 2.45) is 0 Å². The Morgan fingerprint density at radius 2 is 1.03 bits per heavy atom. The summed E-state index contributed by atoms with van der Waals surface area (Å²) in [6, 6.07) is 24.1. The van der Waals surface area contributed by atoms with Crippen LogP contribution in [0.2, 0.25) is 0 Å². The number of hydrogen-bond donors (Lipinski definition) is 4. The van der Waals surface area contributed by atoms with Gasteiger partial charge in [-0.3, -0.25) is 0 Å². The van der Waals surface area contributed by atoms with Gasteiger partial charge < -0.3 is 20.6 Å². The molecule has 3 aromatic carbocycles. The molecular formula is C21H26B4N4. The standard InChI is InChI=1S/C21H26B4N4/c1-15-4-9-18(10-5-15)23-27-24(19-11-6-16(2)7-12-19)29-25(28-23)20-13-8-17(3)21(14-20)26-22/h4-14,26-29H,22H2,1-3H3. The Hall–Kier alpha value is -2.40. The zero-order valence-corrected chi connectivity index (χ0v) is 17.6. The summed E-state index contributed by atoms with van der Waals surface area (Å²) >= 11 is 0. The molecule has 0 radical (unpaired) electrons. The smallest absolute Gasteiger partial charge is 0.320 e. The molecule has 1 aliphatic rings. The van der Waals surface area contributed by atoms with Crippen LogP contribution in [-0.4, -0.2) is 28.9 Å². The van der Waals surface area contributed by atoms with Crippen LogP contribution in [0.15, 0.2) is 66.7 Å². The summed E-state index contributed by atoms with van der Waals surface area (Å²) in [4.78, 5) is 0. The molecule has 4 N–H and O–H groups in total. The number of hydrogen-bond acceptors (Lipinski definition) is 4. The van der Waals surface area contributed by atoms with Crippen molar-refractivity contribution in [1.82, 2.24) is 15.4 Å². The number of benzene rings is 3. The lowest BCUT2D eigenvalue weighted by Crippen LogP contribution is -2.83. The van der Waals surface area contributed by atoms with E-state index in [1.54, 1.807) is 0 Å². The molecule has 8 heteroatoms. The van der Waals surface area contributed by atoms with Gasteiger partial charge in [-0.25, -0.2) is 0 Å². The molecule has 1 heterocycles. The molecule has 3 aromatic rings. The van der Waals surface area contributed by atoms with Crippen LogP contribution in [0.25, 0.3) is 0 Å². The number of nitrogens with one attached hydrogen (secondary N) is 4. The maximum absolute atomic E-state index is 3.74. The summed E-state index contributed by atoms with van der Waals surface area (Å²) in [5, 5.41) is 14.5. The Kier molecular flexibility index (Phi) is 5.86. The minimum absolute atomic E-state index is 0.0292. The van der Waals surface area contributed by atoms with Gasteiger partial charge in [-0.05, 0) is 48.8 Å². The van der Waals surface area contributed by atoms with Crippen molar-refractivity contribution >= 4 is 51.0 Å². The highest BCUT2D eigenvalue weighted by atomic mass is 15.1. The van der Waals surface area contributed by atoms with Gasteiger partial charge in [0.05, 0.1) is 0 Å². The van der Waals surface area contributed by atoms with Crippen molar-refractivity contribution in [3.8, 4) is 0 Å². The third-order valence-corrected chi connectivity index (χ3v) is 5.69. The largest absolute Gasteiger partial charge is 0.434 e. The van der Waals surface area contributed by atoms with Crippen molar-refractivity contribution in [3.63, 3.8) is 0 Å². The van der Waals surface area contributed by atoms with Gasteiger partial charge in [0.15, 0.2) is 0 Å². The molecule has 0 aromatic heterocycles. The van der Waals surface area contributed by atoms with E-state index in [4.69, 9.17) is 0 Å². The third-order valence-electron chi connectivity index (χ3n) is 5.69. The summed E-state index contributed by atoms with van der Waals surface area (Å²) < 4.78 is 0. The zero-order valence-electron chi connectivity index (χ0n) is 17.6. The summed E-state index contributed by atoms with van der Waals surface area (Å²) in [5.74, 6) is 0. The lowest BCUT2D eigenvalue weighted by atomic mass is 9.43. The van der Waals surface area contributed by atoms with Crippen molar-refractivity contribution in [3.05, 3.63) is 83.4 Å². The molecule has 1 aliphatic heterocycles. The molecular weight excluding hydrogens is 352 g/mol. The van der Waals surface area contributed by atoms with E-state index in [9.17, 15) is 0 Å². The molecule has 0 aliphatic carbocycles. The monoisotopic (exact) mass is 378 g/mol. The molecule has 0 bridgehead atoms. The van der Waals surface area contributed by atoms with Crippen LogP contribution in [0.5, 0.6) is 0 Å². The summed E-state index contributed by atoms with van der Waals surface area (Å²) in [5.41, 5.74) is 8.63. The average molecular weight is 378 g/mol. The van der Waals surface area contributed by atoms with E-state index in [1.807, 2.05) is 7.98 Å². The summed E-state index contributed by atoms with van der Waals surface area (Å²) in [6.45, 7) is 6.50. The molecule has 0 saturated carbocycles. The van der Waals surface area contributed by atoms with E-state index in [0.717, 1.165) is 5.69 Å². The molecule has 29 heavy (non-hydrogen) atoms. The first-order valence-corrected chi connectivity index (χ1v) is 10.2. The Labute approximate surface area is 176 Å². The fraction of sp³-hybridized carbons (Fsp3) is 0.143. The molecule has 142 valence electrons. The third kappa shape index (κ3) is 4.45. The predicted octanol–water partition coefficient (Wildman–Crippen LogP) is -0.160. The highest BCUT2D eigenvalue weighted by molar-refractivity contribution is 6.99. The number of anilines is 1. The second-order valence-electron chi connectivity index (χ2n) is 7.94. The quantitative estimate of drug-likeness (QED) is 0.477. The SMILES string of the molecule is BNc1cc(B2NB(c3ccc(C)cc3)NB(c3ccc(C)cc3)N2)ccc1C. The van der Waals surface area contributed by atoms with Crippen LogP contribution in [-0.2, 0) is 0 Å². The number of rotatable bonds is 4. The Morgan fingerprint density at radius 1 is 0.621 bits per heavy atom. The Balaban J connectivity index is 1.68. The lowest BCUT2D eigenvalue weighted by molar-refractivity contribution is 1.19. The molecule has 0 atom stereocenters. The van der Waals surface area contributed by atoms with Crippen LogP contribution in [0.1, 0.15) is 16.7 Å². The topological polar surface area (TPSA) is 48.1 Å². The fourth-order valence-corrected chi connectivity index (χ4v) is 3.83. The van der Waals surface area contributed by atoms with Gasteiger partial charge in [0.25, 0.3) is 0 Å². The van der Waals surface area contributed by atoms with E-state index in [1.165, 1.54) is 33.1 Å². The summed E-state index contributed by atoms with van der Waals surface area (Å²) in [6.07, 6.45) is 0. The zero-order chi connectivity index (χ0) is 20.4. The Morgan fingerprint density at radius 3 is 1.48 bits per heavy atom. The predicted molar refractivity (Wildman–Crippen MR) is 131 cm³/mol. The van der Waals surface area contributed by atoms with E-state index in [0.29, 0.717) is 0 Å². The molecule has 1 fully saturated rings. The Bertz CT molecular complexity index is 925. The van der Waals surface area contributed by atoms with Gasteiger partial charge >= 0.3 is 20.9 Å². The van der Waals surface area contributed by atoms with Crippen LogP contribution >= 0.6 is 0 Å². The van der Waals surface area contributed by atoms with Gasteiger partial charge in [-0.2, -0.15) is 0 Å². The van der Waals surface area contributed by atoms with Crippen molar-refractivity contribution < 1.29 is 0 Å². The summed E-state index contributed by atoms with van der Waals surface area (Å²) in [7, 11) is 1.97. The van der Waals surface area contributed by atoms with Gasteiger partial charge in [-0.15, -0.1) is 0 Å². The minimum Gasteiger partial charge on any atom is -0.434 e. The minimum atomic E-state index is 0.0292. The normalized spacial score (nSPS) is 14.2. The van der Waals surface area contributed by atoms with E-state index in [2.05, 4.69) is 108 Å². The fourth-order valence-electron chi connectivity index (χ4n) is 3.83. The highest BCUT2D eigenvalue weighted by Gasteiger charge is 2.37. The van der Waals surface area contributed by atoms with Crippen molar-refractivity contribution in [2.75, 3.05) is 5.23 Å². The second kappa shape index (κ2) is 8.54. The molecule has 4 nitrogen and oxygen atoms in total. The maximum Gasteiger partial charge on any atom is 0.320 e. The maximum atomic E-state index is 3.74. The first-order valence-electron chi connectivity index (χ1n) is 10.2. The van der Waals surface area contributed by atoms with Crippen molar-refractivity contribution in [2.45, 2.75) is 20.8 Å². The molecule has 0 amide bonds. The van der Waals surface area contributed by atoms with E-state index in [-0.39, 0.29) is 20.9 Å². The van der Waals surface area contributed by atoms with Gasteiger partial charge in [-0.1, -0.05) is 71.8 Å². The molecule has 1 saturated heterocycles. The van der Waals surface area contributed by atoms with Gasteiger partial charge in [0, 0.05) is 5.69 Å². The molecule has 0 spiro atoms. The van der Waals surface area contributed by atoms with Crippen molar-refractivity contribution in [1.29, 1.82) is 0 Å². The lowest BCUT2D eigenvalue weighted by Gasteiger charge is -2.34. The first kappa shape index (κ1) is 19.9. The molecule has 4 rings (SSSR count). The first-order chi connectivity index (χ1) is 14.0. The van der Waals surface area contributed by atoms with Crippen LogP contribution in [0.4, 0.5) is 5.69 Å². The van der Waals surface area contributed by atoms with Gasteiger partial charge in [0.2, 0.25) is 7.98 Å². The second-order valence-corrected chi connectivity index (χ2v) is 7.94. The van der Waals surface area contributed by atoms with Crippen LogP contribution in [0, 0.1) is 20.8 Å². The average Bonchev–Trinajstić information content (AvgIpc) is 2.75.